The van der Waals surface area contributed by atoms with Gasteiger partial charge in [0.1, 0.15) is 23.3 Å². The van der Waals surface area contributed by atoms with Crippen molar-refractivity contribution >= 4 is 17.4 Å². The minimum Gasteiger partial charge on any atom is -0.497 e. The van der Waals surface area contributed by atoms with E-state index < -0.39 is 0 Å². The van der Waals surface area contributed by atoms with Gasteiger partial charge in [-0.3, -0.25) is 4.98 Å². The molecule has 0 bridgehead atoms. The summed E-state index contributed by atoms with van der Waals surface area (Å²) in [5.74, 6) is 2.85. The molecule has 9 nitrogen and oxygen atoms in total. The van der Waals surface area contributed by atoms with Crippen LogP contribution in [0.3, 0.4) is 0 Å². The number of nitrogens with one attached hydrogen (secondary N) is 1. The van der Waals surface area contributed by atoms with Crippen LogP contribution >= 0.6 is 0 Å². The quantitative estimate of drug-likeness (QED) is 0.412. The second-order valence-electron chi connectivity index (χ2n) is 6.94. The van der Waals surface area contributed by atoms with E-state index in [1.165, 1.54) is 6.20 Å². The predicted molar refractivity (Wildman–Crippen MR) is 122 cm³/mol. The molecule has 0 spiro atoms. The molecule has 5 rings (SSSR count). The van der Waals surface area contributed by atoms with Gasteiger partial charge in [-0.25, -0.2) is 4.98 Å². The van der Waals surface area contributed by atoms with Gasteiger partial charge in [-0.05, 0) is 60.7 Å². The summed E-state index contributed by atoms with van der Waals surface area (Å²) in [7, 11) is 1.60. The van der Waals surface area contributed by atoms with E-state index in [0.717, 1.165) is 17.0 Å². The first kappa shape index (κ1) is 20.0. The van der Waals surface area contributed by atoms with E-state index in [2.05, 4.69) is 31.4 Å². The van der Waals surface area contributed by atoms with Crippen molar-refractivity contribution in [3.05, 3.63) is 84.8 Å². The van der Waals surface area contributed by atoms with Crippen molar-refractivity contribution < 1.29 is 9.47 Å². The Kier molecular flexibility index (Phi) is 5.23. The first-order valence-corrected chi connectivity index (χ1v) is 9.99. The number of pyridine rings is 1. The fourth-order valence-electron chi connectivity index (χ4n) is 3.27. The number of benzene rings is 2. The lowest BCUT2D eigenvalue weighted by Crippen LogP contribution is -2.00. The summed E-state index contributed by atoms with van der Waals surface area (Å²) in [6.07, 6.45) is 4.84. The van der Waals surface area contributed by atoms with Gasteiger partial charge in [-0.15, -0.1) is 5.10 Å². The fraction of sp³-hybridized carbons (Fsp3) is 0.0417. The van der Waals surface area contributed by atoms with E-state index in [1.54, 1.807) is 36.2 Å². The van der Waals surface area contributed by atoms with Crippen LogP contribution in [-0.2, 0) is 0 Å². The molecule has 0 saturated carbocycles. The second-order valence-corrected chi connectivity index (χ2v) is 6.94. The number of aromatic nitrogens is 5. The molecular formula is C24H17N7O2. The third-order valence-corrected chi connectivity index (χ3v) is 4.85. The van der Waals surface area contributed by atoms with Crippen LogP contribution < -0.4 is 14.8 Å². The number of anilines is 2. The zero-order chi connectivity index (χ0) is 22.6. The number of rotatable bonds is 6. The molecule has 0 aliphatic rings. The molecule has 0 aliphatic carbocycles. The summed E-state index contributed by atoms with van der Waals surface area (Å²) >= 11 is 0. The molecule has 0 unspecified atom stereocenters. The summed E-state index contributed by atoms with van der Waals surface area (Å²) in [6, 6.07) is 20.5. The van der Waals surface area contributed by atoms with E-state index in [0.29, 0.717) is 34.5 Å². The number of ether oxygens (including phenoxy) is 2. The van der Waals surface area contributed by atoms with Crippen molar-refractivity contribution in [2.45, 2.75) is 0 Å². The van der Waals surface area contributed by atoms with E-state index in [1.807, 2.05) is 48.5 Å². The molecular weight excluding hydrogens is 418 g/mol. The van der Waals surface area contributed by atoms with Crippen molar-refractivity contribution in [1.82, 2.24) is 24.6 Å². The monoisotopic (exact) mass is 435 g/mol. The highest BCUT2D eigenvalue weighted by Gasteiger charge is 2.15. The number of nitriles is 1. The van der Waals surface area contributed by atoms with Gasteiger partial charge in [0, 0.05) is 23.6 Å². The van der Waals surface area contributed by atoms with Gasteiger partial charge in [-0.1, -0.05) is 0 Å². The summed E-state index contributed by atoms with van der Waals surface area (Å²) in [5, 5.41) is 17.3. The summed E-state index contributed by atoms with van der Waals surface area (Å²) in [5.41, 5.74) is 2.57. The molecule has 0 radical (unpaired) electrons. The Hall–Kier alpha value is -4.97. The van der Waals surface area contributed by atoms with Gasteiger partial charge >= 0.3 is 0 Å². The molecule has 0 fully saturated rings. The Balaban J connectivity index is 1.43. The second kappa shape index (κ2) is 8.64. The average Bonchev–Trinajstić information content (AvgIpc) is 3.27. The number of methoxy groups -OCH3 is 1. The maximum atomic E-state index is 9.61. The van der Waals surface area contributed by atoms with Gasteiger partial charge in [0.15, 0.2) is 0 Å². The maximum Gasteiger partial charge on any atom is 0.254 e. The molecule has 0 aliphatic heterocycles. The summed E-state index contributed by atoms with van der Waals surface area (Å²) in [6.45, 7) is 0. The molecule has 160 valence electrons. The van der Waals surface area contributed by atoms with Crippen LogP contribution in [0.5, 0.6) is 17.2 Å². The lowest BCUT2D eigenvalue weighted by Gasteiger charge is -2.07. The predicted octanol–water partition coefficient (Wildman–Crippen LogP) is 4.60. The first-order chi connectivity index (χ1) is 16.2. The van der Waals surface area contributed by atoms with E-state index in [-0.39, 0.29) is 0 Å². The highest BCUT2D eigenvalue weighted by atomic mass is 16.5. The number of nitrogens with zero attached hydrogens (tertiary/aromatic N) is 6. The number of hydrogen-bond acceptors (Lipinski definition) is 8. The van der Waals surface area contributed by atoms with Crippen LogP contribution in [0, 0.1) is 11.3 Å². The molecule has 5 aromatic rings. The lowest BCUT2D eigenvalue weighted by molar-refractivity contribution is 0.415. The molecule has 9 heteroatoms. The lowest BCUT2D eigenvalue weighted by atomic mass is 10.1. The normalized spacial score (nSPS) is 10.5. The van der Waals surface area contributed by atoms with Crippen molar-refractivity contribution in [3.63, 3.8) is 0 Å². The zero-order valence-electron chi connectivity index (χ0n) is 17.5. The van der Waals surface area contributed by atoms with Crippen LogP contribution in [0.4, 0.5) is 11.6 Å². The van der Waals surface area contributed by atoms with Gasteiger partial charge < -0.3 is 14.8 Å². The minimum absolute atomic E-state index is 0.357. The Labute approximate surface area is 188 Å². The van der Waals surface area contributed by atoms with Gasteiger partial charge in [0.25, 0.3) is 5.78 Å². The molecule has 0 atom stereocenters. The average molecular weight is 435 g/mol. The van der Waals surface area contributed by atoms with Crippen LogP contribution in [0.2, 0.25) is 0 Å². The molecule has 3 aromatic heterocycles. The van der Waals surface area contributed by atoms with Crippen LogP contribution in [0.25, 0.3) is 17.0 Å². The van der Waals surface area contributed by atoms with Gasteiger partial charge in [-0.2, -0.15) is 14.8 Å². The smallest absolute Gasteiger partial charge is 0.254 e. The first-order valence-electron chi connectivity index (χ1n) is 9.99. The summed E-state index contributed by atoms with van der Waals surface area (Å²) in [4.78, 5) is 12.7. The number of fused-ring (bicyclic) bond motifs is 1. The van der Waals surface area contributed by atoms with Crippen LogP contribution in [0.1, 0.15) is 5.56 Å². The maximum absolute atomic E-state index is 9.61. The Bertz CT molecular complexity index is 1440. The molecule has 1 N–H and O–H groups in total. The van der Waals surface area contributed by atoms with Crippen molar-refractivity contribution in [2.24, 2.45) is 0 Å². The molecule has 0 amide bonds. The fourth-order valence-corrected chi connectivity index (χ4v) is 3.27. The SMILES string of the molecule is COc1ccc(-c2c(C#N)cnc3nc(Nc4ccc(Oc5ccncc5)cc4)nn23)cc1. The van der Waals surface area contributed by atoms with Crippen LogP contribution in [-0.4, -0.2) is 31.7 Å². The van der Waals surface area contributed by atoms with Crippen molar-refractivity contribution in [1.29, 1.82) is 5.26 Å². The Morgan fingerprint density at radius 1 is 0.909 bits per heavy atom. The third kappa shape index (κ3) is 4.13. The van der Waals surface area contributed by atoms with Gasteiger partial charge in [0.2, 0.25) is 5.95 Å². The highest BCUT2D eigenvalue weighted by Crippen LogP contribution is 2.27. The Morgan fingerprint density at radius 3 is 2.30 bits per heavy atom. The minimum atomic E-state index is 0.357. The van der Waals surface area contributed by atoms with Crippen molar-refractivity contribution in [3.8, 4) is 34.6 Å². The van der Waals surface area contributed by atoms with Crippen LogP contribution in [0.15, 0.2) is 79.3 Å². The molecule has 3 heterocycles. The summed E-state index contributed by atoms with van der Waals surface area (Å²) < 4.78 is 12.6. The van der Waals surface area contributed by atoms with E-state index in [9.17, 15) is 5.26 Å². The molecule has 2 aromatic carbocycles. The van der Waals surface area contributed by atoms with Gasteiger partial charge in [0.05, 0.1) is 24.6 Å². The number of hydrogen-bond donors (Lipinski definition) is 1. The van der Waals surface area contributed by atoms with E-state index >= 15 is 0 Å². The van der Waals surface area contributed by atoms with Crippen molar-refractivity contribution in [2.75, 3.05) is 12.4 Å². The topological polar surface area (TPSA) is 110 Å². The highest BCUT2D eigenvalue weighted by molar-refractivity contribution is 5.69. The third-order valence-electron chi connectivity index (χ3n) is 4.85. The van der Waals surface area contributed by atoms with E-state index in [4.69, 9.17) is 9.47 Å². The zero-order valence-corrected chi connectivity index (χ0v) is 17.5. The Morgan fingerprint density at radius 2 is 1.61 bits per heavy atom. The largest absolute Gasteiger partial charge is 0.497 e. The standard InChI is InChI=1S/C24H17N7O2/c1-32-19-6-2-16(3-7-19)22-17(14-25)15-27-24-29-23(30-31(22)24)28-18-4-8-20(9-5-18)33-21-10-12-26-13-11-21/h2-13,15H,1H3,(H,28,30). The molecule has 0 saturated heterocycles. The molecule has 33 heavy (non-hydrogen) atoms.